The van der Waals surface area contributed by atoms with Crippen LogP contribution in [0.2, 0.25) is 5.02 Å². The number of hydrogen-bond acceptors (Lipinski definition) is 6. The Morgan fingerprint density at radius 2 is 1.54 bits per heavy atom. The Hall–Kier alpha value is -2.98. The van der Waals surface area contributed by atoms with E-state index in [1.165, 1.54) is 17.8 Å². The Balaban J connectivity index is 1.61. The molecule has 0 saturated carbocycles. The van der Waals surface area contributed by atoms with E-state index in [-0.39, 0.29) is 4.90 Å². The van der Waals surface area contributed by atoms with Crippen LogP contribution in [-0.4, -0.2) is 38.4 Å². The number of rotatable bonds is 9. The molecule has 0 aliphatic heterocycles. The third-order valence-corrected chi connectivity index (χ3v) is 7.47. The monoisotopic (exact) mass is 529 g/mol. The summed E-state index contributed by atoms with van der Waals surface area (Å²) in [5, 5.41) is 6.41. The molecule has 0 saturated heterocycles. The first-order chi connectivity index (χ1) is 16.8. The average Bonchev–Trinajstić information content (AvgIpc) is 3.28. The number of aromatic amines is 1. The van der Waals surface area contributed by atoms with Crippen molar-refractivity contribution in [1.29, 1.82) is 0 Å². The lowest BCUT2D eigenvalue weighted by atomic mass is 10.0. The van der Waals surface area contributed by atoms with E-state index >= 15 is 0 Å². The van der Waals surface area contributed by atoms with Crippen molar-refractivity contribution in [2.75, 3.05) is 20.0 Å². The number of nitrogens with two attached hydrogens (primary N) is 1. The fraction of sp³-hybridized carbons (Fsp3) is 0.160. The zero-order chi connectivity index (χ0) is 25.0. The van der Waals surface area contributed by atoms with Crippen molar-refractivity contribution in [3.63, 3.8) is 0 Å². The molecule has 0 bridgehead atoms. The largest absolute Gasteiger partial charge is 0.497 e. The van der Waals surface area contributed by atoms with Gasteiger partial charge in [-0.05, 0) is 72.6 Å². The molecule has 4 aromatic rings. The smallest absolute Gasteiger partial charge is 0.238 e. The second-order valence-corrected chi connectivity index (χ2v) is 10.7. The van der Waals surface area contributed by atoms with E-state index in [4.69, 9.17) is 31.2 Å². The summed E-state index contributed by atoms with van der Waals surface area (Å²) in [5.41, 5.74) is 4.19. The van der Waals surface area contributed by atoms with Crippen LogP contribution in [0.5, 0.6) is 11.5 Å². The first-order valence-corrected chi connectivity index (χ1v) is 13.5. The van der Waals surface area contributed by atoms with E-state index in [0.717, 1.165) is 34.0 Å². The normalized spacial score (nSPS) is 11.4. The predicted molar refractivity (Wildman–Crippen MR) is 140 cm³/mol. The minimum atomic E-state index is -3.87. The molecule has 1 heterocycles. The highest BCUT2D eigenvalue weighted by Crippen LogP contribution is 2.34. The molecule has 3 aromatic carbocycles. The van der Waals surface area contributed by atoms with Crippen molar-refractivity contribution in [3.8, 4) is 34.0 Å². The van der Waals surface area contributed by atoms with Crippen molar-refractivity contribution in [1.82, 2.24) is 9.97 Å². The fourth-order valence-electron chi connectivity index (χ4n) is 3.60. The Bertz CT molecular complexity index is 1360. The Morgan fingerprint density at radius 1 is 0.943 bits per heavy atom. The second kappa shape index (κ2) is 10.7. The quantitative estimate of drug-likeness (QED) is 0.281. The number of H-pyrrole nitrogens is 1. The lowest BCUT2D eigenvalue weighted by molar-refractivity contribution is 0.414. The molecule has 3 N–H and O–H groups in total. The summed E-state index contributed by atoms with van der Waals surface area (Å²) in [6.45, 7) is 0. The highest BCUT2D eigenvalue weighted by atomic mass is 35.5. The number of aryl methyl sites for hydroxylation is 1. The SMILES string of the molecule is COc1ccc(-c2nc(SCCc3ccc(Cl)cc3S(N)(=O)=O)[nH]c2-c2ccc(OC)cc2)cc1. The van der Waals surface area contributed by atoms with Crippen molar-refractivity contribution in [2.24, 2.45) is 5.14 Å². The van der Waals surface area contributed by atoms with E-state index in [9.17, 15) is 8.42 Å². The van der Waals surface area contributed by atoms with Gasteiger partial charge >= 0.3 is 0 Å². The van der Waals surface area contributed by atoms with Crippen LogP contribution in [0.15, 0.2) is 76.8 Å². The lowest BCUT2D eigenvalue weighted by Gasteiger charge is -2.07. The molecule has 0 aliphatic rings. The molecule has 35 heavy (non-hydrogen) atoms. The van der Waals surface area contributed by atoms with Crippen LogP contribution < -0.4 is 14.6 Å². The summed E-state index contributed by atoms with van der Waals surface area (Å²) in [6.07, 6.45) is 0.476. The summed E-state index contributed by atoms with van der Waals surface area (Å²) in [4.78, 5) is 8.31. The number of nitrogens with zero attached hydrogens (tertiary/aromatic N) is 1. The Morgan fingerprint density at radius 3 is 2.11 bits per heavy atom. The number of aromatic nitrogens is 2. The number of imidazole rings is 1. The molecule has 4 rings (SSSR count). The van der Waals surface area contributed by atoms with Crippen molar-refractivity contribution < 1.29 is 17.9 Å². The van der Waals surface area contributed by atoms with Crippen LogP contribution in [0.25, 0.3) is 22.5 Å². The van der Waals surface area contributed by atoms with Gasteiger partial charge in [0, 0.05) is 21.9 Å². The predicted octanol–water partition coefficient (Wildman–Crippen LogP) is 5.40. The van der Waals surface area contributed by atoms with Crippen LogP contribution in [0, 0.1) is 0 Å². The summed E-state index contributed by atoms with van der Waals surface area (Å²) in [5.74, 6) is 2.11. The van der Waals surface area contributed by atoms with E-state index in [1.807, 2.05) is 48.5 Å². The Labute approximate surface area is 213 Å². The highest BCUT2D eigenvalue weighted by Gasteiger charge is 2.17. The van der Waals surface area contributed by atoms with Crippen LogP contribution in [0.3, 0.4) is 0 Å². The Kier molecular flexibility index (Phi) is 7.71. The first kappa shape index (κ1) is 25.1. The van der Waals surface area contributed by atoms with Gasteiger partial charge in [0.05, 0.1) is 30.5 Å². The molecular formula is C25H24ClN3O4S2. The molecule has 0 aliphatic carbocycles. The minimum absolute atomic E-state index is 0.0443. The summed E-state index contributed by atoms with van der Waals surface area (Å²) < 4.78 is 34.5. The number of halogens is 1. The molecule has 0 fully saturated rings. The summed E-state index contributed by atoms with van der Waals surface area (Å²) >= 11 is 7.47. The van der Waals surface area contributed by atoms with Gasteiger partial charge in [0.15, 0.2) is 5.16 Å². The average molecular weight is 530 g/mol. The molecule has 7 nitrogen and oxygen atoms in total. The molecule has 0 radical (unpaired) electrons. The van der Waals surface area contributed by atoms with Crippen molar-refractivity contribution >= 4 is 33.4 Å². The van der Waals surface area contributed by atoms with Gasteiger partial charge in [-0.2, -0.15) is 0 Å². The molecule has 1 aromatic heterocycles. The maximum absolute atomic E-state index is 12.0. The number of methoxy groups -OCH3 is 2. The molecule has 182 valence electrons. The maximum atomic E-state index is 12.0. The molecular weight excluding hydrogens is 506 g/mol. The van der Waals surface area contributed by atoms with Gasteiger partial charge < -0.3 is 14.5 Å². The number of sulfonamides is 1. The standard InChI is InChI=1S/C25H24ClN3O4S2/c1-32-20-9-4-17(5-10-20)23-24(18-6-11-21(33-2)12-7-18)29-25(28-23)34-14-13-16-3-8-19(26)15-22(16)35(27,30)31/h3-12,15H,13-14H2,1-2H3,(H,28,29)(H2,27,30,31). The van der Waals surface area contributed by atoms with Crippen molar-refractivity contribution in [2.45, 2.75) is 16.5 Å². The van der Waals surface area contributed by atoms with Crippen LogP contribution in [-0.2, 0) is 16.4 Å². The molecule has 0 atom stereocenters. The summed E-state index contributed by atoms with van der Waals surface area (Å²) in [7, 11) is -0.617. The number of hydrogen-bond donors (Lipinski definition) is 2. The third kappa shape index (κ3) is 5.99. The van der Waals surface area contributed by atoms with Crippen LogP contribution in [0.4, 0.5) is 0 Å². The van der Waals surface area contributed by atoms with Crippen LogP contribution >= 0.6 is 23.4 Å². The highest BCUT2D eigenvalue weighted by molar-refractivity contribution is 7.99. The number of nitrogens with one attached hydrogen (secondary N) is 1. The van der Waals surface area contributed by atoms with E-state index < -0.39 is 10.0 Å². The van der Waals surface area contributed by atoms with Gasteiger partial charge in [-0.15, -0.1) is 0 Å². The number of thioether (sulfide) groups is 1. The van der Waals surface area contributed by atoms with Gasteiger partial charge in [0.2, 0.25) is 10.0 Å². The van der Waals surface area contributed by atoms with Gasteiger partial charge in [-0.3, -0.25) is 0 Å². The number of primary sulfonamides is 1. The third-order valence-electron chi connectivity index (χ3n) is 5.37. The summed E-state index contributed by atoms with van der Waals surface area (Å²) in [6, 6.07) is 20.2. The molecule has 0 unspecified atom stereocenters. The second-order valence-electron chi connectivity index (χ2n) is 7.62. The van der Waals surface area contributed by atoms with Gasteiger partial charge in [-0.25, -0.2) is 18.5 Å². The fourth-order valence-corrected chi connectivity index (χ4v) is 5.51. The molecule has 0 amide bonds. The van der Waals surface area contributed by atoms with Gasteiger partial charge in [-0.1, -0.05) is 29.4 Å². The zero-order valence-corrected chi connectivity index (χ0v) is 21.5. The maximum Gasteiger partial charge on any atom is 0.238 e. The molecule has 10 heteroatoms. The van der Waals surface area contributed by atoms with Crippen molar-refractivity contribution in [3.05, 3.63) is 77.3 Å². The van der Waals surface area contributed by atoms with E-state index in [2.05, 4.69) is 4.98 Å². The van der Waals surface area contributed by atoms with Gasteiger partial charge in [0.25, 0.3) is 0 Å². The topological polar surface area (TPSA) is 107 Å². The van der Waals surface area contributed by atoms with Crippen LogP contribution in [0.1, 0.15) is 5.56 Å². The lowest BCUT2D eigenvalue weighted by Crippen LogP contribution is -2.15. The first-order valence-electron chi connectivity index (χ1n) is 10.6. The minimum Gasteiger partial charge on any atom is -0.497 e. The zero-order valence-electron chi connectivity index (χ0n) is 19.1. The molecule has 0 spiro atoms. The van der Waals surface area contributed by atoms with E-state index in [1.54, 1.807) is 26.4 Å². The van der Waals surface area contributed by atoms with Gasteiger partial charge in [0.1, 0.15) is 11.5 Å². The number of benzene rings is 3. The van der Waals surface area contributed by atoms with E-state index in [0.29, 0.717) is 27.9 Å². The number of ether oxygens (including phenoxy) is 2.